The molecule has 1 aliphatic carbocycles. The fraction of sp³-hybridized carbons (Fsp3) is 0.652. The normalized spacial score (nSPS) is 19.1. The Hall–Kier alpha value is -1.39. The lowest BCUT2D eigenvalue weighted by Gasteiger charge is -2.14. The molecule has 8 heteroatoms. The minimum Gasteiger partial charge on any atom is -0.379 e. The number of rotatable bonds is 10. The molecule has 0 spiro atoms. The number of guanidine groups is 1. The summed E-state index contributed by atoms with van der Waals surface area (Å²) in [6, 6.07) is 7.99. The minimum absolute atomic E-state index is 0. The largest absolute Gasteiger partial charge is 0.379 e. The van der Waals surface area contributed by atoms with Gasteiger partial charge in [0.15, 0.2) is 5.96 Å². The second kappa shape index (κ2) is 14.6. The third-order valence-corrected chi connectivity index (χ3v) is 5.69. The fourth-order valence-electron chi connectivity index (χ4n) is 3.97. The van der Waals surface area contributed by atoms with Crippen LogP contribution in [0.5, 0.6) is 0 Å². The summed E-state index contributed by atoms with van der Waals surface area (Å²) in [5.41, 5.74) is 1.96. The van der Waals surface area contributed by atoms with E-state index >= 15 is 0 Å². The van der Waals surface area contributed by atoms with Crippen molar-refractivity contribution in [1.29, 1.82) is 0 Å². The van der Waals surface area contributed by atoms with Gasteiger partial charge in [-0.3, -0.25) is 9.79 Å². The molecule has 1 heterocycles. The molecule has 0 radical (unpaired) electrons. The van der Waals surface area contributed by atoms with Crippen LogP contribution in [0.25, 0.3) is 0 Å². The summed E-state index contributed by atoms with van der Waals surface area (Å²) in [6.07, 6.45) is 7.79. The summed E-state index contributed by atoms with van der Waals surface area (Å²) in [4.78, 5) is 16.6. The van der Waals surface area contributed by atoms with Crippen molar-refractivity contribution in [2.45, 2.75) is 57.6 Å². The van der Waals surface area contributed by atoms with Crippen LogP contribution in [0.15, 0.2) is 29.3 Å². The second-order valence-corrected chi connectivity index (χ2v) is 8.09. The van der Waals surface area contributed by atoms with E-state index in [1.807, 2.05) is 24.3 Å². The summed E-state index contributed by atoms with van der Waals surface area (Å²) in [5.74, 6) is 1.08. The van der Waals surface area contributed by atoms with Gasteiger partial charge in [0.1, 0.15) is 0 Å². The number of aliphatic imine (C=N–C) groups is 1. The molecule has 3 rings (SSSR count). The van der Waals surface area contributed by atoms with Gasteiger partial charge in [-0.25, -0.2) is 0 Å². The van der Waals surface area contributed by atoms with E-state index in [1.165, 1.54) is 0 Å². The Morgan fingerprint density at radius 3 is 2.77 bits per heavy atom. The number of nitrogens with one attached hydrogen (secondary N) is 3. The van der Waals surface area contributed by atoms with Crippen molar-refractivity contribution in [2.24, 2.45) is 10.9 Å². The summed E-state index contributed by atoms with van der Waals surface area (Å²) >= 11 is 0. The van der Waals surface area contributed by atoms with Crippen LogP contribution in [-0.4, -0.2) is 51.4 Å². The SMILES string of the molecule is CN=C(NCCCOCC1CCCO1)NCc1cccc(NC(=O)C2CCCC2)c1.I. The molecule has 7 nitrogen and oxygen atoms in total. The molecule has 1 aromatic carbocycles. The number of benzene rings is 1. The molecule has 1 aromatic rings. The van der Waals surface area contributed by atoms with E-state index in [0.717, 1.165) is 75.3 Å². The lowest BCUT2D eigenvalue weighted by Crippen LogP contribution is -2.37. The molecular weight excluding hydrogens is 507 g/mol. The Balaban J connectivity index is 0.00000341. The van der Waals surface area contributed by atoms with Crippen LogP contribution in [0.2, 0.25) is 0 Å². The first kappa shape index (κ1) is 25.9. The highest BCUT2D eigenvalue weighted by atomic mass is 127. The van der Waals surface area contributed by atoms with Crippen molar-refractivity contribution in [3.05, 3.63) is 29.8 Å². The summed E-state index contributed by atoms with van der Waals surface area (Å²) < 4.78 is 11.2. The maximum Gasteiger partial charge on any atom is 0.227 e. The Morgan fingerprint density at radius 1 is 1.19 bits per heavy atom. The van der Waals surface area contributed by atoms with Crippen molar-refractivity contribution in [3.63, 3.8) is 0 Å². The van der Waals surface area contributed by atoms with Gasteiger partial charge in [-0.1, -0.05) is 25.0 Å². The van der Waals surface area contributed by atoms with Gasteiger partial charge in [-0.2, -0.15) is 0 Å². The van der Waals surface area contributed by atoms with Crippen LogP contribution in [0, 0.1) is 5.92 Å². The Bertz CT molecular complexity index is 689. The molecule has 1 saturated carbocycles. The summed E-state index contributed by atoms with van der Waals surface area (Å²) in [6.45, 7) is 3.71. The molecule has 0 aromatic heterocycles. The maximum absolute atomic E-state index is 12.3. The van der Waals surface area contributed by atoms with E-state index in [9.17, 15) is 4.79 Å². The molecular formula is C23H37IN4O3. The van der Waals surface area contributed by atoms with Crippen molar-refractivity contribution < 1.29 is 14.3 Å². The molecule has 2 aliphatic rings. The number of anilines is 1. The van der Waals surface area contributed by atoms with Crippen LogP contribution >= 0.6 is 24.0 Å². The average Bonchev–Trinajstić information content (AvgIpc) is 3.47. The van der Waals surface area contributed by atoms with Gasteiger partial charge in [0, 0.05) is 45.0 Å². The first-order chi connectivity index (χ1) is 14.7. The number of carbonyl (C=O) groups is 1. The zero-order chi connectivity index (χ0) is 21.0. The van der Waals surface area contributed by atoms with Crippen LogP contribution in [0.3, 0.4) is 0 Å². The zero-order valence-electron chi connectivity index (χ0n) is 18.5. The zero-order valence-corrected chi connectivity index (χ0v) is 20.9. The summed E-state index contributed by atoms with van der Waals surface area (Å²) in [5, 5.41) is 9.70. The Kier molecular flexibility index (Phi) is 12.2. The van der Waals surface area contributed by atoms with Gasteiger partial charge >= 0.3 is 0 Å². The van der Waals surface area contributed by atoms with Crippen molar-refractivity contribution in [1.82, 2.24) is 10.6 Å². The Morgan fingerprint density at radius 2 is 2.03 bits per heavy atom. The lowest BCUT2D eigenvalue weighted by atomic mass is 10.1. The van der Waals surface area contributed by atoms with Gasteiger partial charge in [0.05, 0.1) is 12.7 Å². The third-order valence-electron chi connectivity index (χ3n) is 5.69. The van der Waals surface area contributed by atoms with Crippen molar-refractivity contribution >= 4 is 41.5 Å². The number of nitrogens with zero attached hydrogens (tertiary/aromatic N) is 1. The van der Waals surface area contributed by atoms with E-state index in [2.05, 4.69) is 20.9 Å². The van der Waals surface area contributed by atoms with Crippen LogP contribution < -0.4 is 16.0 Å². The second-order valence-electron chi connectivity index (χ2n) is 8.09. The predicted octanol–water partition coefficient (Wildman–Crippen LogP) is 3.68. The number of hydrogen-bond acceptors (Lipinski definition) is 4. The standard InChI is InChI=1S/C23H36N4O3.HI/c1-24-23(25-12-6-13-29-17-21-11-5-14-30-21)26-16-18-7-4-10-20(15-18)27-22(28)19-8-2-3-9-19;/h4,7,10,15,19,21H,2-3,5-6,8-9,11-14,16-17H2,1H3,(H,27,28)(H2,24,25,26);1H. The highest BCUT2D eigenvalue weighted by Gasteiger charge is 2.22. The lowest BCUT2D eigenvalue weighted by molar-refractivity contribution is -0.119. The first-order valence-corrected chi connectivity index (χ1v) is 11.3. The first-order valence-electron chi connectivity index (χ1n) is 11.3. The van der Waals surface area contributed by atoms with Crippen LogP contribution in [-0.2, 0) is 20.8 Å². The fourth-order valence-corrected chi connectivity index (χ4v) is 3.97. The van der Waals surface area contributed by atoms with Gasteiger partial charge in [0.2, 0.25) is 5.91 Å². The van der Waals surface area contributed by atoms with Gasteiger partial charge < -0.3 is 25.4 Å². The van der Waals surface area contributed by atoms with Gasteiger partial charge in [0.25, 0.3) is 0 Å². The molecule has 2 fully saturated rings. The minimum atomic E-state index is 0. The number of hydrogen-bond donors (Lipinski definition) is 3. The number of amides is 1. The highest BCUT2D eigenvalue weighted by molar-refractivity contribution is 14.0. The molecule has 3 N–H and O–H groups in total. The van der Waals surface area contributed by atoms with Crippen molar-refractivity contribution in [2.75, 3.05) is 38.7 Å². The number of halogens is 1. The predicted molar refractivity (Wildman–Crippen MR) is 135 cm³/mol. The maximum atomic E-state index is 12.3. The third kappa shape index (κ3) is 9.33. The number of carbonyl (C=O) groups excluding carboxylic acids is 1. The quantitative estimate of drug-likeness (QED) is 0.181. The van der Waals surface area contributed by atoms with Crippen LogP contribution in [0.1, 0.15) is 50.5 Å². The Labute approximate surface area is 203 Å². The highest BCUT2D eigenvalue weighted by Crippen LogP contribution is 2.26. The molecule has 174 valence electrons. The van der Waals surface area contributed by atoms with Gasteiger partial charge in [-0.05, 0) is 49.8 Å². The number of ether oxygens (including phenoxy) is 2. The average molecular weight is 544 g/mol. The summed E-state index contributed by atoms with van der Waals surface area (Å²) in [7, 11) is 1.77. The molecule has 1 saturated heterocycles. The van der Waals surface area contributed by atoms with Crippen molar-refractivity contribution in [3.8, 4) is 0 Å². The van der Waals surface area contributed by atoms with E-state index in [0.29, 0.717) is 19.8 Å². The smallest absolute Gasteiger partial charge is 0.227 e. The monoisotopic (exact) mass is 544 g/mol. The molecule has 1 unspecified atom stereocenters. The van der Waals surface area contributed by atoms with E-state index in [1.54, 1.807) is 7.05 Å². The van der Waals surface area contributed by atoms with E-state index in [-0.39, 0.29) is 41.9 Å². The van der Waals surface area contributed by atoms with E-state index in [4.69, 9.17) is 9.47 Å². The molecule has 1 aliphatic heterocycles. The molecule has 0 bridgehead atoms. The topological polar surface area (TPSA) is 84.0 Å². The van der Waals surface area contributed by atoms with Crippen LogP contribution in [0.4, 0.5) is 5.69 Å². The van der Waals surface area contributed by atoms with E-state index < -0.39 is 0 Å². The molecule has 31 heavy (non-hydrogen) atoms. The molecule has 1 atom stereocenters. The van der Waals surface area contributed by atoms with Gasteiger partial charge in [-0.15, -0.1) is 24.0 Å². The molecule has 1 amide bonds.